The van der Waals surface area contributed by atoms with Gasteiger partial charge in [0.2, 0.25) is 0 Å². The van der Waals surface area contributed by atoms with E-state index in [1.165, 1.54) is 23.0 Å². The molecule has 0 aliphatic heterocycles. The van der Waals surface area contributed by atoms with Gasteiger partial charge in [-0.05, 0) is 48.0 Å². The smallest absolute Gasteiger partial charge is 0.272 e. The fourth-order valence-electron chi connectivity index (χ4n) is 2.96. The van der Waals surface area contributed by atoms with E-state index in [0.717, 1.165) is 5.56 Å². The van der Waals surface area contributed by atoms with Gasteiger partial charge in [0.05, 0.1) is 0 Å². The van der Waals surface area contributed by atoms with E-state index in [2.05, 4.69) is 20.7 Å². The molecule has 154 valence electrons. The van der Waals surface area contributed by atoms with Crippen LogP contribution in [-0.4, -0.2) is 26.6 Å². The minimum absolute atomic E-state index is 0.172. The number of hydrogen-bond donors (Lipinski definition) is 2. The number of para-hydroxylation sites is 1. The van der Waals surface area contributed by atoms with E-state index < -0.39 is 5.82 Å². The van der Waals surface area contributed by atoms with Gasteiger partial charge in [-0.15, -0.1) is 0 Å². The van der Waals surface area contributed by atoms with Gasteiger partial charge in [-0.2, -0.15) is 5.10 Å². The van der Waals surface area contributed by atoms with Crippen LogP contribution in [0.15, 0.2) is 85.3 Å². The largest absolute Gasteiger partial charge is 0.347 e. The van der Waals surface area contributed by atoms with Crippen LogP contribution in [0, 0.1) is 5.82 Å². The van der Waals surface area contributed by atoms with E-state index in [1.54, 1.807) is 60.9 Å². The molecule has 0 aliphatic rings. The maximum Gasteiger partial charge on any atom is 0.272 e. The molecular weight excluding hydrogens is 397 g/mol. The number of halogens is 1. The highest BCUT2D eigenvalue weighted by Crippen LogP contribution is 2.14. The van der Waals surface area contributed by atoms with E-state index in [1.807, 2.05) is 6.07 Å². The van der Waals surface area contributed by atoms with Crippen LogP contribution in [0.4, 0.5) is 10.1 Å². The van der Waals surface area contributed by atoms with Crippen LogP contribution in [-0.2, 0) is 6.54 Å². The van der Waals surface area contributed by atoms with Crippen LogP contribution in [0.3, 0.4) is 0 Å². The summed E-state index contributed by atoms with van der Waals surface area (Å²) in [5, 5.41) is 9.74. The highest BCUT2D eigenvalue weighted by molar-refractivity contribution is 6.04. The maximum atomic E-state index is 13.9. The quantitative estimate of drug-likeness (QED) is 0.504. The monoisotopic (exact) mass is 415 g/mol. The number of anilines is 1. The minimum Gasteiger partial charge on any atom is -0.347 e. The molecule has 8 heteroatoms. The summed E-state index contributed by atoms with van der Waals surface area (Å²) in [6, 6.07) is 18.1. The first-order chi connectivity index (χ1) is 15.1. The SMILES string of the molecule is O=C(Nc1cccc(CNC(=O)c2ccn(-c3ccccc3F)n2)c1)c1ccncc1. The van der Waals surface area contributed by atoms with Crippen LogP contribution < -0.4 is 10.6 Å². The second kappa shape index (κ2) is 9.00. The van der Waals surface area contributed by atoms with E-state index in [0.29, 0.717) is 11.3 Å². The lowest BCUT2D eigenvalue weighted by Gasteiger charge is -2.08. The highest BCUT2D eigenvalue weighted by atomic mass is 19.1. The van der Waals surface area contributed by atoms with Gasteiger partial charge in [0, 0.05) is 36.4 Å². The number of nitrogens with one attached hydrogen (secondary N) is 2. The van der Waals surface area contributed by atoms with Crippen molar-refractivity contribution in [3.8, 4) is 5.69 Å². The maximum absolute atomic E-state index is 13.9. The lowest BCUT2D eigenvalue weighted by Crippen LogP contribution is -2.23. The Labute approximate surface area is 177 Å². The van der Waals surface area contributed by atoms with Gasteiger partial charge < -0.3 is 10.6 Å². The Balaban J connectivity index is 1.38. The molecule has 0 atom stereocenters. The van der Waals surface area contributed by atoms with Gasteiger partial charge in [0.25, 0.3) is 11.8 Å². The molecule has 0 radical (unpaired) electrons. The summed E-state index contributed by atoms with van der Waals surface area (Å²) >= 11 is 0. The van der Waals surface area contributed by atoms with Crippen molar-refractivity contribution in [3.63, 3.8) is 0 Å². The Hall–Kier alpha value is -4.33. The molecule has 0 saturated heterocycles. The number of pyridine rings is 1. The number of carbonyl (C=O) groups is 2. The molecule has 2 amide bonds. The lowest BCUT2D eigenvalue weighted by molar-refractivity contribution is 0.0944. The molecule has 4 rings (SSSR count). The Kier molecular flexibility index (Phi) is 5.79. The van der Waals surface area contributed by atoms with Crippen LogP contribution in [0.25, 0.3) is 5.69 Å². The molecule has 31 heavy (non-hydrogen) atoms. The fourth-order valence-corrected chi connectivity index (χ4v) is 2.96. The fraction of sp³-hybridized carbons (Fsp3) is 0.0435. The number of rotatable bonds is 6. The van der Waals surface area contributed by atoms with Crippen LogP contribution in [0.5, 0.6) is 0 Å². The number of carbonyl (C=O) groups excluding carboxylic acids is 2. The summed E-state index contributed by atoms with van der Waals surface area (Å²) in [4.78, 5) is 28.6. The standard InChI is InChI=1S/C23H18FN5O2/c24-19-6-1-2-7-21(19)29-13-10-20(28-29)23(31)26-15-16-4-3-5-18(14-16)27-22(30)17-8-11-25-12-9-17/h1-14H,15H2,(H,26,31)(H,27,30). The summed E-state index contributed by atoms with van der Waals surface area (Å²) in [6.07, 6.45) is 4.63. The van der Waals surface area contributed by atoms with Crippen LogP contribution in [0.2, 0.25) is 0 Å². The molecule has 0 aliphatic carbocycles. The van der Waals surface area contributed by atoms with Crippen molar-refractivity contribution in [2.75, 3.05) is 5.32 Å². The van der Waals surface area contributed by atoms with Gasteiger partial charge in [-0.1, -0.05) is 24.3 Å². The molecular formula is C23H18FN5O2. The Morgan fingerprint density at radius 2 is 1.74 bits per heavy atom. The van der Waals surface area contributed by atoms with Crippen molar-refractivity contribution in [3.05, 3.63) is 108 Å². The first-order valence-corrected chi connectivity index (χ1v) is 9.49. The first-order valence-electron chi connectivity index (χ1n) is 9.49. The van der Waals surface area contributed by atoms with Crippen molar-refractivity contribution in [2.24, 2.45) is 0 Å². The van der Waals surface area contributed by atoms with Gasteiger partial charge in [0.1, 0.15) is 11.5 Å². The van der Waals surface area contributed by atoms with E-state index in [-0.39, 0.29) is 29.7 Å². The first kappa shape index (κ1) is 20.0. The Morgan fingerprint density at radius 1 is 0.935 bits per heavy atom. The molecule has 4 aromatic rings. The lowest BCUT2D eigenvalue weighted by atomic mass is 10.2. The van der Waals surface area contributed by atoms with E-state index in [4.69, 9.17) is 0 Å². The summed E-state index contributed by atoms with van der Waals surface area (Å²) < 4.78 is 15.2. The predicted molar refractivity (Wildman–Crippen MR) is 113 cm³/mol. The average Bonchev–Trinajstić information content (AvgIpc) is 3.29. The van der Waals surface area contributed by atoms with Crippen molar-refractivity contribution >= 4 is 17.5 Å². The third kappa shape index (κ3) is 4.81. The molecule has 2 aromatic carbocycles. The summed E-state index contributed by atoms with van der Waals surface area (Å²) in [5.74, 6) is -1.06. The van der Waals surface area contributed by atoms with Crippen molar-refractivity contribution in [2.45, 2.75) is 6.54 Å². The number of nitrogens with zero attached hydrogens (tertiary/aromatic N) is 3. The van der Waals surface area contributed by atoms with Gasteiger partial charge in [-0.3, -0.25) is 14.6 Å². The molecule has 7 nitrogen and oxygen atoms in total. The summed E-state index contributed by atoms with van der Waals surface area (Å²) in [5.41, 5.74) is 2.34. The van der Waals surface area contributed by atoms with Crippen LogP contribution in [0.1, 0.15) is 26.4 Å². The third-order valence-corrected chi connectivity index (χ3v) is 4.50. The van der Waals surface area contributed by atoms with Crippen molar-refractivity contribution < 1.29 is 14.0 Å². The second-order valence-corrected chi connectivity index (χ2v) is 6.67. The van der Waals surface area contributed by atoms with Crippen LogP contribution >= 0.6 is 0 Å². The Bertz CT molecular complexity index is 1220. The van der Waals surface area contributed by atoms with Crippen molar-refractivity contribution in [1.29, 1.82) is 0 Å². The summed E-state index contributed by atoms with van der Waals surface area (Å²) in [6.45, 7) is 0.240. The topological polar surface area (TPSA) is 88.9 Å². The predicted octanol–water partition coefficient (Wildman–Crippen LogP) is 3.59. The highest BCUT2D eigenvalue weighted by Gasteiger charge is 2.12. The molecule has 2 aromatic heterocycles. The molecule has 0 saturated carbocycles. The van der Waals surface area contributed by atoms with E-state index >= 15 is 0 Å². The third-order valence-electron chi connectivity index (χ3n) is 4.50. The Morgan fingerprint density at radius 3 is 2.55 bits per heavy atom. The molecule has 0 unspecified atom stereocenters. The van der Waals surface area contributed by atoms with Crippen molar-refractivity contribution in [1.82, 2.24) is 20.1 Å². The number of benzene rings is 2. The summed E-state index contributed by atoms with van der Waals surface area (Å²) in [7, 11) is 0. The molecule has 2 N–H and O–H groups in total. The van der Waals surface area contributed by atoms with Gasteiger partial charge in [0.15, 0.2) is 5.69 Å². The molecule has 0 fully saturated rings. The van der Waals surface area contributed by atoms with E-state index in [9.17, 15) is 14.0 Å². The minimum atomic E-state index is -0.428. The zero-order valence-corrected chi connectivity index (χ0v) is 16.3. The normalized spacial score (nSPS) is 10.5. The number of hydrogen-bond acceptors (Lipinski definition) is 4. The van der Waals surface area contributed by atoms with Gasteiger partial charge >= 0.3 is 0 Å². The van der Waals surface area contributed by atoms with Gasteiger partial charge in [-0.25, -0.2) is 9.07 Å². The number of aromatic nitrogens is 3. The molecule has 2 heterocycles. The zero-order chi connectivity index (χ0) is 21.6. The second-order valence-electron chi connectivity index (χ2n) is 6.67. The zero-order valence-electron chi connectivity index (χ0n) is 16.3. The average molecular weight is 415 g/mol. The molecule has 0 bridgehead atoms. The number of amides is 2. The molecule has 0 spiro atoms.